The van der Waals surface area contributed by atoms with E-state index < -0.39 is 0 Å². The third-order valence-electron chi connectivity index (χ3n) is 4.96. The predicted octanol–water partition coefficient (Wildman–Crippen LogP) is 2.90. The van der Waals surface area contributed by atoms with Gasteiger partial charge in [0.25, 0.3) is 0 Å². The Balaban J connectivity index is 0.00000192. The molecule has 1 aromatic carbocycles. The van der Waals surface area contributed by atoms with Gasteiger partial charge in [0.1, 0.15) is 5.75 Å². The van der Waals surface area contributed by atoms with Gasteiger partial charge >= 0.3 is 0 Å². The number of carbonyl (C=O) groups is 1. The van der Waals surface area contributed by atoms with Crippen molar-refractivity contribution in [2.24, 2.45) is 11.8 Å². The van der Waals surface area contributed by atoms with Gasteiger partial charge in [-0.05, 0) is 50.8 Å². The molecule has 1 aliphatic carbocycles. The molecule has 0 spiro atoms. The van der Waals surface area contributed by atoms with Crippen molar-refractivity contribution in [3.8, 4) is 5.75 Å². The van der Waals surface area contributed by atoms with Gasteiger partial charge in [0.2, 0.25) is 5.91 Å². The highest BCUT2D eigenvalue weighted by molar-refractivity contribution is 5.85. The predicted molar refractivity (Wildman–Crippen MR) is 93.9 cm³/mol. The van der Waals surface area contributed by atoms with Crippen molar-refractivity contribution in [3.63, 3.8) is 0 Å². The Morgan fingerprint density at radius 3 is 2.65 bits per heavy atom. The molecule has 4 nitrogen and oxygen atoms in total. The molecule has 23 heavy (non-hydrogen) atoms. The number of benzene rings is 1. The summed E-state index contributed by atoms with van der Waals surface area (Å²) in [4.78, 5) is 12.2. The van der Waals surface area contributed by atoms with Gasteiger partial charge in [0.05, 0.1) is 6.10 Å². The SMILES string of the molecule is CC(C(=O)NCc1ccccc1OC1CCCC1)C1CNC1.Cl. The number of hydrogen-bond acceptors (Lipinski definition) is 3. The van der Waals surface area contributed by atoms with E-state index in [0.29, 0.717) is 18.6 Å². The summed E-state index contributed by atoms with van der Waals surface area (Å²) in [5, 5.41) is 6.29. The van der Waals surface area contributed by atoms with Crippen LogP contribution in [-0.2, 0) is 11.3 Å². The molecule has 0 bridgehead atoms. The fraction of sp³-hybridized carbons (Fsp3) is 0.611. The van der Waals surface area contributed by atoms with Crippen molar-refractivity contribution in [1.29, 1.82) is 0 Å². The topological polar surface area (TPSA) is 50.4 Å². The van der Waals surface area contributed by atoms with Gasteiger partial charge in [-0.1, -0.05) is 25.1 Å². The van der Waals surface area contributed by atoms with Crippen molar-refractivity contribution in [2.75, 3.05) is 13.1 Å². The van der Waals surface area contributed by atoms with Gasteiger partial charge in [-0.2, -0.15) is 0 Å². The molecule has 1 aromatic rings. The van der Waals surface area contributed by atoms with Crippen LogP contribution >= 0.6 is 12.4 Å². The summed E-state index contributed by atoms with van der Waals surface area (Å²) in [5.41, 5.74) is 1.07. The number of amides is 1. The Hall–Kier alpha value is -1.26. The summed E-state index contributed by atoms with van der Waals surface area (Å²) >= 11 is 0. The first kappa shape index (κ1) is 18.1. The number of carbonyl (C=O) groups excluding carboxylic acids is 1. The third kappa shape index (κ3) is 4.61. The van der Waals surface area contributed by atoms with E-state index in [-0.39, 0.29) is 24.2 Å². The first-order valence-electron chi connectivity index (χ1n) is 8.47. The lowest BCUT2D eigenvalue weighted by Gasteiger charge is -2.31. The fourth-order valence-corrected chi connectivity index (χ4v) is 3.17. The van der Waals surface area contributed by atoms with Crippen LogP contribution in [0.2, 0.25) is 0 Å². The quantitative estimate of drug-likeness (QED) is 0.838. The van der Waals surface area contributed by atoms with Crippen LogP contribution in [0.4, 0.5) is 0 Å². The van der Waals surface area contributed by atoms with E-state index in [2.05, 4.69) is 10.6 Å². The van der Waals surface area contributed by atoms with E-state index in [0.717, 1.165) is 37.2 Å². The molecular formula is C18H27ClN2O2. The summed E-state index contributed by atoms with van der Waals surface area (Å²) < 4.78 is 6.12. The average molecular weight is 339 g/mol. The largest absolute Gasteiger partial charge is 0.490 e. The smallest absolute Gasteiger partial charge is 0.223 e. The van der Waals surface area contributed by atoms with Crippen LogP contribution in [0, 0.1) is 11.8 Å². The van der Waals surface area contributed by atoms with Crippen LogP contribution in [0.1, 0.15) is 38.2 Å². The molecule has 1 atom stereocenters. The average Bonchev–Trinajstić information content (AvgIpc) is 2.97. The van der Waals surface area contributed by atoms with Crippen LogP contribution in [0.25, 0.3) is 0 Å². The molecule has 5 heteroatoms. The maximum absolute atomic E-state index is 12.2. The van der Waals surface area contributed by atoms with E-state index in [4.69, 9.17) is 4.74 Å². The normalized spacial score (nSPS) is 19.5. The van der Waals surface area contributed by atoms with Gasteiger partial charge in [-0.25, -0.2) is 0 Å². The Bertz CT molecular complexity index is 513. The number of para-hydroxylation sites is 1. The van der Waals surface area contributed by atoms with E-state index >= 15 is 0 Å². The van der Waals surface area contributed by atoms with Gasteiger partial charge in [-0.3, -0.25) is 4.79 Å². The number of halogens is 1. The molecule has 0 radical (unpaired) electrons. The molecule has 1 amide bonds. The van der Waals surface area contributed by atoms with E-state index in [9.17, 15) is 4.79 Å². The van der Waals surface area contributed by atoms with E-state index in [1.165, 1.54) is 12.8 Å². The molecule has 2 aliphatic rings. The van der Waals surface area contributed by atoms with Crippen molar-refractivity contribution in [1.82, 2.24) is 10.6 Å². The minimum absolute atomic E-state index is 0. The minimum Gasteiger partial charge on any atom is -0.490 e. The molecule has 1 aliphatic heterocycles. The molecule has 2 fully saturated rings. The van der Waals surface area contributed by atoms with E-state index in [1.807, 2.05) is 31.2 Å². The van der Waals surface area contributed by atoms with Crippen molar-refractivity contribution < 1.29 is 9.53 Å². The molecule has 1 saturated heterocycles. The highest BCUT2D eigenvalue weighted by Crippen LogP contribution is 2.26. The maximum atomic E-state index is 12.2. The molecule has 128 valence electrons. The summed E-state index contributed by atoms with van der Waals surface area (Å²) in [6.07, 6.45) is 5.16. The first-order chi connectivity index (χ1) is 10.7. The van der Waals surface area contributed by atoms with Gasteiger partial charge in [0, 0.05) is 18.0 Å². The third-order valence-corrected chi connectivity index (χ3v) is 4.96. The van der Waals surface area contributed by atoms with Crippen molar-refractivity contribution in [2.45, 2.75) is 45.3 Å². The highest BCUT2D eigenvalue weighted by atomic mass is 35.5. The lowest BCUT2D eigenvalue weighted by atomic mass is 9.88. The van der Waals surface area contributed by atoms with Crippen LogP contribution in [0.5, 0.6) is 5.75 Å². The number of rotatable bonds is 6. The zero-order chi connectivity index (χ0) is 15.4. The fourth-order valence-electron chi connectivity index (χ4n) is 3.17. The van der Waals surface area contributed by atoms with Gasteiger partial charge in [0.15, 0.2) is 0 Å². The molecule has 1 saturated carbocycles. The second kappa shape index (κ2) is 8.55. The second-order valence-electron chi connectivity index (χ2n) is 6.56. The Kier molecular flexibility index (Phi) is 6.72. The summed E-state index contributed by atoms with van der Waals surface area (Å²) in [5.74, 6) is 1.61. The second-order valence-corrected chi connectivity index (χ2v) is 6.56. The molecule has 1 unspecified atom stereocenters. The Morgan fingerprint density at radius 1 is 1.30 bits per heavy atom. The lowest BCUT2D eigenvalue weighted by molar-refractivity contribution is -0.126. The maximum Gasteiger partial charge on any atom is 0.223 e. The van der Waals surface area contributed by atoms with Crippen LogP contribution in [-0.4, -0.2) is 25.1 Å². The van der Waals surface area contributed by atoms with Crippen molar-refractivity contribution >= 4 is 18.3 Å². The summed E-state index contributed by atoms with van der Waals surface area (Å²) in [6.45, 7) is 4.47. The van der Waals surface area contributed by atoms with Crippen LogP contribution in [0.3, 0.4) is 0 Å². The number of ether oxygens (including phenoxy) is 1. The van der Waals surface area contributed by atoms with Crippen LogP contribution in [0.15, 0.2) is 24.3 Å². The first-order valence-corrected chi connectivity index (χ1v) is 8.47. The monoisotopic (exact) mass is 338 g/mol. The highest BCUT2D eigenvalue weighted by Gasteiger charge is 2.28. The minimum atomic E-state index is 0. The standard InChI is InChI=1S/C18H26N2O2.ClH/c1-13(15-10-19-11-15)18(21)20-12-14-6-2-5-9-17(14)22-16-7-3-4-8-16;/h2,5-6,9,13,15-16,19H,3-4,7-8,10-12H2,1H3,(H,20,21);1H. The van der Waals surface area contributed by atoms with E-state index in [1.54, 1.807) is 0 Å². The summed E-state index contributed by atoms with van der Waals surface area (Å²) in [7, 11) is 0. The molecular weight excluding hydrogens is 312 g/mol. The molecule has 2 N–H and O–H groups in total. The van der Waals surface area contributed by atoms with Crippen LogP contribution < -0.4 is 15.4 Å². The zero-order valence-electron chi connectivity index (χ0n) is 13.7. The van der Waals surface area contributed by atoms with Crippen molar-refractivity contribution in [3.05, 3.63) is 29.8 Å². The lowest BCUT2D eigenvalue weighted by Crippen LogP contribution is -2.49. The molecule has 1 heterocycles. The zero-order valence-corrected chi connectivity index (χ0v) is 14.5. The Morgan fingerprint density at radius 2 is 2.00 bits per heavy atom. The van der Waals surface area contributed by atoms with Gasteiger partial charge < -0.3 is 15.4 Å². The number of nitrogens with one attached hydrogen (secondary N) is 2. The molecule has 0 aromatic heterocycles. The number of hydrogen-bond donors (Lipinski definition) is 2. The Labute approximate surface area is 144 Å². The molecule has 3 rings (SSSR count). The summed E-state index contributed by atoms with van der Waals surface area (Å²) in [6, 6.07) is 8.06. The van der Waals surface area contributed by atoms with Gasteiger partial charge in [-0.15, -0.1) is 12.4 Å².